The highest BCUT2D eigenvalue weighted by Gasteiger charge is 2.15. The Morgan fingerprint density at radius 2 is 1.55 bits per heavy atom. The molecule has 1 aromatic heterocycles. The predicted octanol–water partition coefficient (Wildman–Crippen LogP) is 4.59. The number of nitrogens with one attached hydrogen (secondary N) is 1. The molecule has 0 unspecified atom stereocenters. The Bertz CT molecular complexity index is 1170. The summed E-state index contributed by atoms with van der Waals surface area (Å²) in [5.41, 5.74) is 2.38. The summed E-state index contributed by atoms with van der Waals surface area (Å²) < 4.78 is 0. The van der Waals surface area contributed by atoms with Crippen molar-refractivity contribution < 1.29 is 9.59 Å². The fourth-order valence-corrected chi connectivity index (χ4v) is 3.74. The summed E-state index contributed by atoms with van der Waals surface area (Å²) in [4.78, 5) is 33.9. The van der Waals surface area contributed by atoms with E-state index in [-0.39, 0.29) is 17.4 Å². The first kappa shape index (κ1) is 18.8. The third kappa shape index (κ3) is 4.33. The largest absolute Gasteiger partial charge is 0.325 e. The van der Waals surface area contributed by atoms with Gasteiger partial charge in [0.2, 0.25) is 5.91 Å². The number of carbonyl (C=O) groups is 2. The van der Waals surface area contributed by atoms with Gasteiger partial charge in [-0.2, -0.15) is 0 Å². The van der Waals surface area contributed by atoms with E-state index < -0.39 is 0 Å². The maximum atomic E-state index is 12.8. The molecule has 0 aliphatic rings. The normalized spacial score (nSPS) is 10.6. The van der Waals surface area contributed by atoms with E-state index in [9.17, 15) is 9.59 Å². The fraction of sp³-hybridized carbons (Fsp3) is 0.0435. The van der Waals surface area contributed by atoms with Gasteiger partial charge in [-0.05, 0) is 18.2 Å². The summed E-state index contributed by atoms with van der Waals surface area (Å²) in [7, 11) is 0. The lowest BCUT2D eigenvalue weighted by molar-refractivity contribution is -0.113. The number of benzene rings is 3. The van der Waals surface area contributed by atoms with E-state index >= 15 is 0 Å². The number of aromatic nitrogens is 2. The second kappa shape index (κ2) is 8.67. The van der Waals surface area contributed by atoms with Crippen molar-refractivity contribution in [1.82, 2.24) is 9.97 Å². The van der Waals surface area contributed by atoms with E-state index in [0.29, 0.717) is 16.8 Å². The Morgan fingerprint density at radius 3 is 2.41 bits per heavy atom. The molecule has 4 rings (SSSR count). The third-order valence-electron chi connectivity index (χ3n) is 4.33. The van der Waals surface area contributed by atoms with Gasteiger partial charge >= 0.3 is 0 Å². The molecule has 6 heteroatoms. The molecular formula is C23H17N3O2S. The second-order valence-corrected chi connectivity index (χ2v) is 7.24. The molecule has 4 aromatic rings. The summed E-state index contributed by atoms with van der Waals surface area (Å²) in [6.07, 6.45) is 1.50. The van der Waals surface area contributed by atoms with Crippen molar-refractivity contribution in [3.63, 3.8) is 0 Å². The van der Waals surface area contributed by atoms with Crippen LogP contribution in [0, 0.1) is 0 Å². The van der Waals surface area contributed by atoms with E-state index in [4.69, 9.17) is 0 Å². The maximum absolute atomic E-state index is 12.8. The molecule has 0 aliphatic carbocycles. The van der Waals surface area contributed by atoms with Crippen LogP contribution in [0.15, 0.2) is 90.2 Å². The zero-order chi connectivity index (χ0) is 20.1. The minimum absolute atomic E-state index is 0.129. The molecule has 0 saturated carbocycles. The number of anilines is 1. The number of fused-ring (bicyclic) bond motifs is 1. The van der Waals surface area contributed by atoms with Crippen LogP contribution in [0.1, 0.15) is 15.9 Å². The molecule has 0 atom stereocenters. The molecular weight excluding hydrogens is 382 g/mol. The molecule has 0 spiro atoms. The summed E-state index contributed by atoms with van der Waals surface area (Å²) in [6, 6.07) is 23.7. The first-order valence-electron chi connectivity index (χ1n) is 9.03. The van der Waals surface area contributed by atoms with Crippen LogP contribution < -0.4 is 5.32 Å². The van der Waals surface area contributed by atoms with Crippen LogP contribution in [0.5, 0.6) is 0 Å². The number of ketones is 1. The maximum Gasteiger partial charge on any atom is 0.234 e. The van der Waals surface area contributed by atoms with Crippen LogP contribution in [0.2, 0.25) is 0 Å². The van der Waals surface area contributed by atoms with Crippen molar-refractivity contribution in [2.75, 3.05) is 11.1 Å². The smallest absolute Gasteiger partial charge is 0.234 e. The third-order valence-corrected chi connectivity index (χ3v) is 5.33. The Hall–Kier alpha value is -3.51. The van der Waals surface area contributed by atoms with Gasteiger partial charge < -0.3 is 5.32 Å². The molecule has 0 aliphatic heterocycles. The van der Waals surface area contributed by atoms with E-state index in [1.807, 2.05) is 42.5 Å². The number of hydrogen-bond donors (Lipinski definition) is 1. The highest BCUT2D eigenvalue weighted by molar-refractivity contribution is 8.00. The lowest BCUT2D eigenvalue weighted by atomic mass is 10.0. The number of carbonyl (C=O) groups excluding carboxylic acids is 2. The number of amides is 1. The number of hydrogen-bond acceptors (Lipinski definition) is 5. The van der Waals surface area contributed by atoms with Gasteiger partial charge in [0.15, 0.2) is 5.78 Å². The highest BCUT2D eigenvalue weighted by atomic mass is 32.2. The average Bonchev–Trinajstić information content (AvgIpc) is 2.78. The van der Waals surface area contributed by atoms with Gasteiger partial charge in [-0.1, -0.05) is 72.4 Å². The summed E-state index contributed by atoms with van der Waals surface area (Å²) in [5, 5.41) is 4.51. The van der Waals surface area contributed by atoms with Gasteiger partial charge in [-0.3, -0.25) is 9.59 Å². The van der Waals surface area contributed by atoms with E-state index in [1.54, 1.807) is 36.4 Å². The van der Waals surface area contributed by atoms with Gasteiger partial charge in [0, 0.05) is 16.5 Å². The van der Waals surface area contributed by atoms with Crippen LogP contribution in [0.4, 0.5) is 5.69 Å². The minimum Gasteiger partial charge on any atom is -0.325 e. The molecule has 142 valence electrons. The molecule has 1 amide bonds. The molecule has 0 fully saturated rings. The van der Waals surface area contributed by atoms with Crippen LogP contribution in [-0.4, -0.2) is 27.4 Å². The monoisotopic (exact) mass is 399 g/mol. The molecule has 0 saturated heterocycles. The SMILES string of the molecule is O=C(CSc1ncnc2ccccc12)Nc1ccccc1C(=O)c1ccccc1. The van der Waals surface area contributed by atoms with Crippen molar-refractivity contribution >= 4 is 40.0 Å². The van der Waals surface area contributed by atoms with Crippen LogP contribution in [0.25, 0.3) is 10.9 Å². The number of rotatable bonds is 6. The van der Waals surface area contributed by atoms with Gasteiger partial charge in [0.05, 0.1) is 17.0 Å². The van der Waals surface area contributed by atoms with Crippen molar-refractivity contribution in [3.05, 3.63) is 96.3 Å². The Kier molecular flexibility index (Phi) is 5.63. The van der Waals surface area contributed by atoms with E-state index in [2.05, 4.69) is 15.3 Å². The quantitative estimate of drug-likeness (QED) is 0.292. The molecule has 1 N–H and O–H groups in total. The van der Waals surface area contributed by atoms with Gasteiger partial charge in [-0.25, -0.2) is 9.97 Å². The number of para-hydroxylation sites is 2. The second-order valence-electron chi connectivity index (χ2n) is 6.27. The topological polar surface area (TPSA) is 72.0 Å². The average molecular weight is 399 g/mol. The summed E-state index contributed by atoms with van der Waals surface area (Å²) in [6.45, 7) is 0. The molecule has 5 nitrogen and oxygen atoms in total. The molecule has 0 bridgehead atoms. The number of thioether (sulfide) groups is 1. The van der Waals surface area contributed by atoms with Crippen LogP contribution in [-0.2, 0) is 4.79 Å². The molecule has 1 heterocycles. The zero-order valence-electron chi connectivity index (χ0n) is 15.4. The zero-order valence-corrected chi connectivity index (χ0v) is 16.2. The standard InChI is InChI=1S/C23H17N3O2S/c27-21(14-29-23-18-11-5-6-12-19(18)24-15-25-23)26-20-13-7-4-10-17(20)22(28)16-8-2-1-3-9-16/h1-13,15H,14H2,(H,26,27). The fourth-order valence-electron chi connectivity index (χ4n) is 2.95. The van der Waals surface area contributed by atoms with Gasteiger partial charge in [-0.15, -0.1) is 0 Å². The minimum atomic E-state index is -0.203. The first-order chi connectivity index (χ1) is 14.2. The summed E-state index contributed by atoms with van der Waals surface area (Å²) in [5.74, 6) is -0.156. The van der Waals surface area contributed by atoms with Crippen molar-refractivity contribution in [2.24, 2.45) is 0 Å². The van der Waals surface area contributed by atoms with Crippen molar-refractivity contribution in [2.45, 2.75) is 5.03 Å². The molecule has 29 heavy (non-hydrogen) atoms. The Balaban J connectivity index is 1.48. The molecule has 0 radical (unpaired) electrons. The van der Waals surface area contributed by atoms with E-state index in [0.717, 1.165) is 15.9 Å². The first-order valence-corrected chi connectivity index (χ1v) is 10.0. The lowest BCUT2D eigenvalue weighted by Crippen LogP contribution is -2.17. The van der Waals surface area contributed by atoms with Crippen LogP contribution >= 0.6 is 11.8 Å². The Labute approximate surface area is 172 Å². The highest BCUT2D eigenvalue weighted by Crippen LogP contribution is 2.25. The summed E-state index contributed by atoms with van der Waals surface area (Å²) >= 11 is 1.34. The van der Waals surface area contributed by atoms with Crippen molar-refractivity contribution in [3.8, 4) is 0 Å². The molecule has 3 aromatic carbocycles. The predicted molar refractivity (Wildman–Crippen MR) is 115 cm³/mol. The van der Waals surface area contributed by atoms with Crippen LogP contribution in [0.3, 0.4) is 0 Å². The van der Waals surface area contributed by atoms with Gasteiger partial charge in [0.1, 0.15) is 11.4 Å². The van der Waals surface area contributed by atoms with E-state index in [1.165, 1.54) is 18.1 Å². The van der Waals surface area contributed by atoms with Crippen molar-refractivity contribution in [1.29, 1.82) is 0 Å². The number of nitrogens with zero attached hydrogens (tertiary/aromatic N) is 2. The Morgan fingerprint density at radius 1 is 0.828 bits per heavy atom. The van der Waals surface area contributed by atoms with Gasteiger partial charge in [0.25, 0.3) is 0 Å². The lowest BCUT2D eigenvalue weighted by Gasteiger charge is -2.10.